The number of para-hydroxylation sites is 3. The van der Waals surface area contributed by atoms with Crippen LogP contribution in [0.3, 0.4) is 0 Å². The first-order chi connectivity index (χ1) is 25.6. The number of benzene rings is 7. The molecule has 1 aliphatic heterocycles. The largest absolute Gasteiger partial charge is 0.456 e. The van der Waals surface area contributed by atoms with Crippen molar-refractivity contribution in [2.45, 2.75) is 12.6 Å². The fraction of sp³-hybridized carbons (Fsp3) is 0.0435. The van der Waals surface area contributed by atoms with Crippen molar-refractivity contribution in [1.82, 2.24) is 9.88 Å². The van der Waals surface area contributed by atoms with Crippen molar-refractivity contribution >= 4 is 86.9 Å². The minimum absolute atomic E-state index is 0.767. The van der Waals surface area contributed by atoms with E-state index in [1.54, 1.807) is 0 Å². The molecule has 4 heterocycles. The number of hydrogen-bond donors (Lipinski definition) is 1. The van der Waals surface area contributed by atoms with Crippen LogP contribution < -0.4 is 5.32 Å². The van der Waals surface area contributed by atoms with Gasteiger partial charge in [0, 0.05) is 53.0 Å². The van der Waals surface area contributed by atoms with Crippen LogP contribution in [0, 0.1) is 0 Å². The van der Waals surface area contributed by atoms with E-state index < -0.39 is 5.66 Å². The highest BCUT2D eigenvalue weighted by molar-refractivity contribution is 7.25. The van der Waals surface area contributed by atoms with Crippen LogP contribution in [0.15, 0.2) is 172 Å². The summed E-state index contributed by atoms with van der Waals surface area (Å²) in [5.41, 5.74) is 6.94. The second-order valence-corrected chi connectivity index (χ2v) is 14.6. The number of nitrogens with one attached hydrogen (secondary N) is 1. The van der Waals surface area contributed by atoms with Crippen LogP contribution in [0.4, 0.5) is 0 Å². The summed E-state index contributed by atoms with van der Waals surface area (Å²) in [6.45, 7) is 2.09. The summed E-state index contributed by atoms with van der Waals surface area (Å²) >= 11 is 1.81. The Hall–Kier alpha value is -6.50. The van der Waals surface area contributed by atoms with Gasteiger partial charge in [-0.05, 0) is 43.3 Å². The van der Waals surface area contributed by atoms with Crippen molar-refractivity contribution in [3.05, 3.63) is 174 Å². The third-order valence-corrected chi connectivity index (χ3v) is 11.6. The molecule has 1 unspecified atom stereocenters. The van der Waals surface area contributed by atoms with Gasteiger partial charge in [-0.1, -0.05) is 121 Å². The molecule has 0 bridgehead atoms. The molecule has 10 aromatic rings. The molecule has 0 saturated carbocycles. The molecule has 0 saturated heterocycles. The van der Waals surface area contributed by atoms with Crippen LogP contribution in [-0.2, 0) is 5.66 Å². The zero-order chi connectivity index (χ0) is 34.4. The highest BCUT2D eigenvalue weighted by atomic mass is 32.1. The highest BCUT2D eigenvalue weighted by Crippen LogP contribution is 2.43. The smallest absolute Gasteiger partial charge is 0.181 e. The summed E-state index contributed by atoms with van der Waals surface area (Å²) in [7, 11) is 0. The molecule has 6 heteroatoms. The number of hydrogen-bond acceptors (Lipinski definition) is 5. The minimum Gasteiger partial charge on any atom is -0.456 e. The van der Waals surface area contributed by atoms with Gasteiger partial charge in [0.25, 0.3) is 0 Å². The maximum atomic E-state index is 6.87. The van der Waals surface area contributed by atoms with Crippen molar-refractivity contribution in [3.63, 3.8) is 0 Å². The van der Waals surface area contributed by atoms with Crippen molar-refractivity contribution in [3.8, 4) is 5.69 Å². The predicted molar refractivity (Wildman–Crippen MR) is 217 cm³/mol. The van der Waals surface area contributed by atoms with Gasteiger partial charge in [-0.2, -0.15) is 0 Å². The Morgan fingerprint density at radius 2 is 1.19 bits per heavy atom. The molecule has 5 nitrogen and oxygen atoms in total. The molecule has 246 valence electrons. The third kappa shape index (κ3) is 4.28. The van der Waals surface area contributed by atoms with Gasteiger partial charge in [0.05, 0.1) is 22.1 Å². The van der Waals surface area contributed by atoms with Gasteiger partial charge in [0.1, 0.15) is 22.8 Å². The molecule has 0 aliphatic carbocycles. The van der Waals surface area contributed by atoms with E-state index in [4.69, 9.17) is 14.4 Å². The van der Waals surface area contributed by atoms with Crippen LogP contribution in [0.5, 0.6) is 0 Å². The van der Waals surface area contributed by atoms with Crippen LogP contribution in [0.2, 0.25) is 0 Å². The molecule has 3 aromatic heterocycles. The Bertz CT molecular complexity index is 3080. The molecule has 0 amide bonds. The zero-order valence-electron chi connectivity index (χ0n) is 28.2. The van der Waals surface area contributed by atoms with Crippen molar-refractivity contribution < 1.29 is 4.42 Å². The normalized spacial score (nSPS) is 16.2. The number of rotatable bonds is 4. The molecule has 7 aromatic carbocycles. The van der Waals surface area contributed by atoms with Gasteiger partial charge in [-0.15, -0.1) is 11.3 Å². The first kappa shape index (κ1) is 29.3. The number of aliphatic imine (C=N–C) groups is 2. The van der Waals surface area contributed by atoms with E-state index in [0.29, 0.717) is 0 Å². The fourth-order valence-corrected chi connectivity index (χ4v) is 9.21. The lowest BCUT2D eigenvalue weighted by Gasteiger charge is -2.30. The first-order valence-corrected chi connectivity index (χ1v) is 18.3. The van der Waals surface area contributed by atoms with Gasteiger partial charge in [0.2, 0.25) is 0 Å². The molecular formula is C46H30N4OS. The van der Waals surface area contributed by atoms with Gasteiger partial charge < -0.3 is 14.3 Å². The lowest BCUT2D eigenvalue weighted by Crippen LogP contribution is -2.40. The molecule has 0 spiro atoms. The molecule has 1 N–H and O–H groups in total. The Labute approximate surface area is 302 Å². The Balaban J connectivity index is 1.14. The number of aromatic nitrogens is 1. The average Bonchev–Trinajstić information content (AvgIpc) is 3.87. The van der Waals surface area contributed by atoms with E-state index in [1.165, 1.54) is 30.9 Å². The number of amidine groups is 2. The summed E-state index contributed by atoms with van der Waals surface area (Å²) in [4.78, 5) is 10.8. The van der Waals surface area contributed by atoms with E-state index in [9.17, 15) is 0 Å². The summed E-state index contributed by atoms with van der Waals surface area (Å²) in [5.74, 6) is 1.54. The molecule has 0 radical (unpaired) electrons. The number of furan rings is 1. The molecule has 1 atom stereocenters. The third-order valence-electron chi connectivity index (χ3n) is 10.4. The summed E-state index contributed by atoms with van der Waals surface area (Å²) < 4.78 is 11.7. The van der Waals surface area contributed by atoms with Crippen molar-refractivity contribution in [2.24, 2.45) is 9.98 Å². The zero-order valence-corrected chi connectivity index (χ0v) is 29.0. The SMILES string of the molecule is CC1(c2cccc3c2oc2cccc(-n4c5ccccc5c5ccccc54)c23)N=C(c2ccccc2)NC(c2ccc3c(c2)sc2ccccc23)=N1. The number of fused-ring (bicyclic) bond motifs is 9. The maximum absolute atomic E-state index is 6.87. The van der Waals surface area contributed by atoms with E-state index in [1.807, 2.05) is 29.5 Å². The van der Waals surface area contributed by atoms with E-state index in [2.05, 4.69) is 156 Å². The Morgan fingerprint density at radius 3 is 1.98 bits per heavy atom. The van der Waals surface area contributed by atoms with Crippen LogP contribution in [0.25, 0.3) is 69.6 Å². The Morgan fingerprint density at radius 1 is 0.558 bits per heavy atom. The van der Waals surface area contributed by atoms with Crippen LogP contribution in [0.1, 0.15) is 23.6 Å². The lowest BCUT2D eigenvalue weighted by atomic mass is 9.97. The predicted octanol–water partition coefficient (Wildman–Crippen LogP) is 11.7. The molecule has 0 fully saturated rings. The van der Waals surface area contributed by atoms with E-state index in [-0.39, 0.29) is 0 Å². The van der Waals surface area contributed by atoms with Crippen molar-refractivity contribution in [1.29, 1.82) is 0 Å². The van der Waals surface area contributed by atoms with Gasteiger partial charge >= 0.3 is 0 Å². The van der Waals surface area contributed by atoms with Gasteiger partial charge in [-0.25, -0.2) is 9.98 Å². The second-order valence-electron chi connectivity index (χ2n) is 13.5. The fourth-order valence-electron chi connectivity index (χ4n) is 8.06. The second kappa shape index (κ2) is 11.0. The van der Waals surface area contributed by atoms with E-state index >= 15 is 0 Å². The summed E-state index contributed by atoms with van der Waals surface area (Å²) in [6.07, 6.45) is 0. The Kier molecular flexibility index (Phi) is 6.19. The monoisotopic (exact) mass is 686 g/mol. The first-order valence-electron chi connectivity index (χ1n) is 17.5. The van der Waals surface area contributed by atoms with Gasteiger partial charge in [-0.3, -0.25) is 0 Å². The van der Waals surface area contributed by atoms with Crippen LogP contribution >= 0.6 is 11.3 Å². The topological polar surface area (TPSA) is 54.8 Å². The highest BCUT2D eigenvalue weighted by Gasteiger charge is 2.35. The maximum Gasteiger partial charge on any atom is 0.181 e. The van der Waals surface area contributed by atoms with Gasteiger partial charge in [0.15, 0.2) is 5.66 Å². The lowest BCUT2D eigenvalue weighted by molar-refractivity contribution is 0.511. The number of nitrogens with zero attached hydrogens (tertiary/aromatic N) is 3. The van der Waals surface area contributed by atoms with Crippen LogP contribution in [-0.4, -0.2) is 16.2 Å². The summed E-state index contributed by atoms with van der Waals surface area (Å²) in [6, 6.07) is 55.5. The average molecular weight is 687 g/mol. The molecule has 11 rings (SSSR count). The molecular weight excluding hydrogens is 657 g/mol. The quantitative estimate of drug-likeness (QED) is 0.200. The minimum atomic E-state index is -0.985. The van der Waals surface area contributed by atoms with Crippen molar-refractivity contribution in [2.75, 3.05) is 0 Å². The standard InChI is InChI=1S/C46H30N4OS/c1-46(48-44(28-13-3-2-4-14-28)47-45(49-46)29-25-26-33-32-17-7-10-24-40(32)52-41(33)27-29)35-19-11-18-34-42-38(22-12-23-39(42)51-43(34)35)50-36-20-8-5-15-30(36)31-16-6-9-21-37(31)50/h2-27H,1H3,(H,47,48,49). The molecule has 1 aliphatic rings. The van der Waals surface area contributed by atoms with E-state index in [0.717, 1.165) is 67.0 Å². The number of thiophene rings is 1. The molecule has 52 heavy (non-hydrogen) atoms. The summed E-state index contributed by atoms with van der Waals surface area (Å²) in [5, 5.41) is 10.7.